The van der Waals surface area contributed by atoms with Crippen LogP contribution in [0.1, 0.15) is 32.0 Å². The first-order chi connectivity index (χ1) is 9.08. The second-order valence-corrected chi connectivity index (χ2v) is 4.93. The summed E-state index contributed by atoms with van der Waals surface area (Å²) in [5.74, 6) is 0.895. The summed E-state index contributed by atoms with van der Waals surface area (Å²) in [7, 11) is 0. The van der Waals surface area contributed by atoms with Crippen molar-refractivity contribution in [2.75, 3.05) is 18.0 Å². The molecular weight excluding hydrogens is 246 g/mol. The number of nitrogens with one attached hydrogen (secondary N) is 1. The molecule has 0 aromatic carbocycles. The van der Waals surface area contributed by atoms with Gasteiger partial charge in [0.25, 0.3) is 5.56 Å². The number of hydrogen-bond acceptors (Lipinski definition) is 4. The average Bonchev–Trinajstić information content (AvgIpc) is 2.38. The molecular formula is C13H19N3O3. The van der Waals surface area contributed by atoms with E-state index in [9.17, 15) is 9.59 Å². The molecule has 6 heteroatoms. The Morgan fingerprint density at radius 2 is 2.21 bits per heavy atom. The van der Waals surface area contributed by atoms with Gasteiger partial charge in [0.05, 0.1) is 0 Å². The van der Waals surface area contributed by atoms with E-state index in [4.69, 9.17) is 5.11 Å². The van der Waals surface area contributed by atoms with Gasteiger partial charge in [-0.25, -0.2) is 4.98 Å². The standard InChI is InChI=1S/C13H19N3O3/c1-2-10-14-11(8-12(17)15-10)16-5-3-9(4-6-16)7-13(18)19/h8-9H,2-7H2,1H3,(H,18,19)(H,14,15,17). The van der Waals surface area contributed by atoms with E-state index in [1.807, 2.05) is 6.92 Å². The van der Waals surface area contributed by atoms with Gasteiger partial charge in [-0.3, -0.25) is 9.59 Å². The van der Waals surface area contributed by atoms with Crippen molar-refractivity contribution in [3.05, 3.63) is 22.2 Å². The first-order valence-electron chi connectivity index (χ1n) is 6.65. The SMILES string of the molecule is CCc1nc(N2CCC(CC(=O)O)CC2)cc(=O)[nH]1. The van der Waals surface area contributed by atoms with Crippen LogP contribution in [0.2, 0.25) is 0 Å². The average molecular weight is 265 g/mol. The largest absolute Gasteiger partial charge is 0.481 e. The zero-order valence-electron chi connectivity index (χ0n) is 11.1. The quantitative estimate of drug-likeness (QED) is 0.849. The van der Waals surface area contributed by atoms with Crippen LogP contribution in [0.5, 0.6) is 0 Å². The molecule has 0 saturated carbocycles. The number of nitrogens with zero attached hydrogens (tertiary/aromatic N) is 2. The lowest BCUT2D eigenvalue weighted by molar-refractivity contribution is -0.138. The summed E-state index contributed by atoms with van der Waals surface area (Å²) in [6, 6.07) is 1.51. The van der Waals surface area contributed by atoms with Gasteiger partial charge >= 0.3 is 5.97 Å². The number of carboxylic acids is 1. The van der Waals surface area contributed by atoms with E-state index < -0.39 is 5.97 Å². The van der Waals surface area contributed by atoms with Crippen molar-refractivity contribution in [2.24, 2.45) is 5.92 Å². The minimum Gasteiger partial charge on any atom is -0.481 e. The fourth-order valence-corrected chi connectivity index (χ4v) is 2.44. The Hall–Kier alpha value is -1.85. The number of aryl methyl sites for hydroxylation is 1. The molecule has 1 aliphatic heterocycles. The molecule has 1 aliphatic rings. The van der Waals surface area contributed by atoms with Gasteiger partial charge in [-0.15, -0.1) is 0 Å². The van der Waals surface area contributed by atoms with Gasteiger partial charge in [-0.05, 0) is 18.8 Å². The normalized spacial score (nSPS) is 16.6. The minimum atomic E-state index is -0.735. The second kappa shape index (κ2) is 5.86. The number of aromatic nitrogens is 2. The molecule has 0 amide bonds. The maximum Gasteiger partial charge on any atom is 0.303 e. The molecule has 2 rings (SSSR count). The van der Waals surface area contributed by atoms with E-state index in [0.717, 1.165) is 25.9 Å². The van der Waals surface area contributed by atoms with Crippen LogP contribution in [0.3, 0.4) is 0 Å². The van der Waals surface area contributed by atoms with Crippen LogP contribution >= 0.6 is 0 Å². The van der Waals surface area contributed by atoms with Gasteiger partial charge < -0.3 is 15.0 Å². The van der Waals surface area contributed by atoms with Crippen LogP contribution < -0.4 is 10.5 Å². The molecule has 1 aromatic heterocycles. The number of aliphatic carboxylic acids is 1. The third-order valence-electron chi connectivity index (χ3n) is 3.51. The highest BCUT2D eigenvalue weighted by molar-refractivity contribution is 5.67. The topological polar surface area (TPSA) is 86.3 Å². The number of aromatic amines is 1. The van der Waals surface area contributed by atoms with Gasteiger partial charge in [-0.1, -0.05) is 6.92 Å². The zero-order chi connectivity index (χ0) is 13.8. The molecule has 1 aromatic rings. The van der Waals surface area contributed by atoms with E-state index in [2.05, 4.69) is 14.9 Å². The number of H-pyrrole nitrogens is 1. The Labute approximate surface area is 111 Å². The molecule has 0 bridgehead atoms. The van der Waals surface area contributed by atoms with E-state index in [1.165, 1.54) is 6.07 Å². The van der Waals surface area contributed by atoms with E-state index >= 15 is 0 Å². The monoisotopic (exact) mass is 265 g/mol. The Bertz CT molecular complexity index is 504. The number of piperidine rings is 1. The lowest BCUT2D eigenvalue weighted by atomic mass is 9.94. The van der Waals surface area contributed by atoms with Gasteiger partial charge in [-0.2, -0.15) is 0 Å². The minimum absolute atomic E-state index is 0.130. The summed E-state index contributed by atoms with van der Waals surface area (Å²) in [5, 5.41) is 8.78. The van der Waals surface area contributed by atoms with Crippen molar-refractivity contribution in [3.63, 3.8) is 0 Å². The van der Waals surface area contributed by atoms with Crippen molar-refractivity contribution >= 4 is 11.8 Å². The number of carbonyl (C=O) groups is 1. The lowest BCUT2D eigenvalue weighted by Crippen LogP contribution is -2.35. The van der Waals surface area contributed by atoms with E-state index in [-0.39, 0.29) is 17.9 Å². The summed E-state index contributed by atoms with van der Waals surface area (Å²) in [6.07, 6.45) is 2.60. The van der Waals surface area contributed by atoms with Gasteiger partial charge in [0.15, 0.2) is 0 Å². The third-order valence-corrected chi connectivity index (χ3v) is 3.51. The van der Waals surface area contributed by atoms with Gasteiger partial charge in [0, 0.05) is 32.0 Å². The Morgan fingerprint density at radius 3 is 2.79 bits per heavy atom. The first kappa shape index (κ1) is 13.6. The molecule has 0 radical (unpaired) electrons. The van der Waals surface area contributed by atoms with Crippen LogP contribution in [-0.4, -0.2) is 34.1 Å². The molecule has 0 atom stereocenters. The summed E-state index contributed by atoms with van der Waals surface area (Å²) >= 11 is 0. The summed E-state index contributed by atoms with van der Waals surface area (Å²) in [6.45, 7) is 3.47. The fraction of sp³-hybridized carbons (Fsp3) is 0.615. The van der Waals surface area contributed by atoms with Crippen LogP contribution in [-0.2, 0) is 11.2 Å². The first-order valence-corrected chi connectivity index (χ1v) is 6.65. The highest BCUT2D eigenvalue weighted by Gasteiger charge is 2.22. The maximum atomic E-state index is 11.5. The fourth-order valence-electron chi connectivity index (χ4n) is 2.44. The van der Waals surface area contributed by atoms with Crippen LogP contribution in [0, 0.1) is 5.92 Å². The molecule has 0 unspecified atom stereocenters. The van der Waals surface area contributed by atoms with Crippen LogP contribution in [0.15, 0.2) is 10.9 Å². The smallest absolute Gasteiger partial charge is 0.303 e. The summed E-state index contributed by atoms with van der Waals surface area (Å²) < 4.78 is 0. The molecule has 1 fully saturated rings. The molecule has 19 heavy (non-hydrogen) atoms. The molecule has 6 nitrogen and oxygen atoms in total. The van der Waals surface area contributed by atoms with E-state index in [1.54, 1.807) is 0 Å². The highest BCUT2D eigenvalue weighted by Crippen LogP contribution is 2.23. The number of carboxylic acid groups (broad SMARTS) is 1. The Balaban J connectivity index is 2.03. The number of rotatable bonds is 4. The summed E-state index contributed by atoms with van der Waals surface area (Å²) in [4.78, 5) is 31.4. The molecule has 2 heterocycles. The van der Waals surface area contributed by atoms with Gasteiger partial charge in [0.1, 0.15) is 11.6 Å². The van der Waals surface area contributed by atoms with Crippen LogP contribution in [0.25, 0.3) is 0 Å². The van der Waals surface area contributed by atoms with Gasteiger partial charge in [0.2, 0.25) is 0 Å². The number of hydrogen-bond donors (Lipinski definition) is 2. The predicted molar refractivity (Wildman–Crippen MR) is 71.4 cm³/mol. The molecule has 2 N–H and O–H groups in total. The molecule has 0 spiro atoms. The predicted octanol–water partition coefficient (Wildman–Crippen LogP) is 1.02. The van der Waals surface area contributed by atoms with Crippen molar-refractivity contribution in [1.29, 1.82) is 0 Å². The third kappa shape index (κ3) is 3.56. The van der Waals surface area contributed by atoms with E-state index in [0.29, 0.717) is 18.1 Å². The Morgan fingerprint density at radius 1 is 1.53 bits per heavy atom. The lowest BCUT2D eigenvalue weighted by Gasteiger charge is -2.32. The molecule has 1 saturated heterocycles. The highest BCUT2D eigenvalue weighted by atomic mass is 16.4. The zero-order valence-corrected chi connectivity index (χ0v) is 11.1. The van der Waals surface area contributed by atoms with Crippen LogP contribution in [0.4, 0.5) is 5.82 Å². The van der Waals surface area contributed by atoms with Crippen molar-refractivity contribution in [1.82, 2.24) is 9.97 Å². The van der Waals surface area contributed by atoms with Crippen molar-refractivity contribution < 1.29 is 9.90 Å². The summed E-state index contributed by atoms with van der Waals surface area (Å²) in [5.41, 5.74) is -0.130. The van der Waals surface area contributed by atoms with Crippen molar-refractivity contribution in [3.8, 4) is 0 Å². The molecule has 104 valence electrons. The molecule has 0 aliphatic carbocycles. The maximum absolute atomic E-state index is 11.5. The number of anilines is 1. The second-order valence-electron chi connectivity index (χ2n) is 4.93. The van der Waals surface area contributed by atoms with Crippen molar-refractivity contribution in [2.45, 2.75) is 32.6 Å². The Kier molecular flexibility index (Phi) is 4.19.